The standard InChI is InChI=1S/C35H33N7O4/c43-21-28-27(2-1-3-31(28)41-12-10-24-18-23(22-4-5-22)6-8-26(24)35(41)45)29-19-30(33-36-11-13-42(33)39-29)38-32-9-7-25(20-37-32)34(44)40-14-16-46-17-15-40/h1-3,6-9,11,13,18-20,22,43H,4-5,10,12,14-17,21H2,(H,37,38). The quantitative estimate of drug-likeness (QED) is 0.273. The van der Waals surface area contributed by atoms with E-state index < -0.39 is 0 Å². The number of nitrogens with zero attached hydrogens (tertiary/aromatic N) is 6. The number of aliphatic hydroxyl groups excluding tert-OH is 1. The third-order valence-corrected chi connectivity index (χ3v) is 9.07. The molecule has 2 aromatic carbocycles. The van der Waals surface area contributed by atoms with Crippen LogP contribution in [0.4, 0.5) is 17.2 Å². The molecular formula is C35H33N7O4. The maximum atomic E-state index is 13.8. The van der Waals surface area contributed by atoms with Crippen molar-refractivity contribution < 1.29 is 19.4 Å². The highest BCUT2D eigenvalue weighted by Gasteiger charge is 2.30. The van der Waals surface area contributed by atoms with E-state index in [2.05, 4.69) is 27.4 Å². The molecule has 232 valence electrons. The molecule has 3 aromatic heterocycles. The fourth-order valence-corrected chi connectivity index (χ4v) is 6.46. The molecular weight excluding hydrogens is 582 g/mol. The number of benzene rings is 2. The molecule has 0 bridgehead atoms. The summed E-state index contributed by atoms with van der Waals surface area (Å²) in [5.41, 5.74) is 7.50. The van der Waals surface area contributed by atoms with Crippen LogP contribution in [0.5, 0.6) is 0 Å². The van der Waals surface area contributed by atoms with Gasteiger partial charge in [0.25, 0.3) is 11.8 Å². The molecule has 5 aromatic rings. The van der Waals surface area contributed by atoms with Gasteiger partial charge in [0.1, 0.15) is 5.82 Å². The van der Waals surface area contributed by atoms with Crippen molar-refractivity contribution >= 4 is 34.7 Å². The summed E-state index contributed by atoms with van der Waals surface area (Å²) in [4.78, 5) is 39.2. The molecule has 2 amide bonds. The van der Waals surface area contributed by atoms with E-state index in [0.29, 0.717) is 84.0 Å². The zero-order valence-electron chi connectivity index (χ0n) is 25.2. The number of imidazole rings is 1. The van der Waals surface area contributed by atoms with Gasteiger partial charge in [0.2, 0.25) is 0 Å². The molecule has 3 aliphatic rings. The molecule has 11 nitrogen and oxygen atoms in total. The fraction of sp³-hybridized carbons (Fsp3) is 0.286. The van der Waals surface area contributed by atoms with Crippen molar-refractivity contribution in [2.45, 2.75) is 31.8 Å². The molecule has 11 heteroatoms. The van der Waals surface area contributed by atoms with E-state index in [9.17, 15) is 14.7 Å². The number of anilines is 3. The molecule has 1 saturated carbocycles. The van der Waals surface area contributed by atoms with E-state index in [1.807, 2.05) is 30.3 Å². The summed E-state index contributed by atoms with van der Waals surface area (Å²) >= 11 is 0. The van der Waals surface area contributed by atoms with Crippen LogP contribution in [0, 0.1) is 0 Å². The Balaban J connectivity index is 1.10. The number of hydrogen-bond donors (Lipinski definition) is 2. The van der Waals surface area contributed by atoms with E-state index in [-0.39, 0.29) is 18.4 Å². The Kier molecular flexibility index (Phi) is 7.19. The second-order valence-electron chi connectivity index (χ2n) is 12.0. The number of hydrogen-bond acceptors (Lipinski definition) is 8. The Bertz CT molecular complexity index is 1960. The number of ether oxygens (including phenoxy) is 1. The summed E-state index contributed by atoms with van der Waals surface area (Å²) in [5.74, 6) is 1.05. The van der Waals surface area contributed by atoms with Crippen molar-refractivity contribution in [1.29, 1.82) is 0 Å². The van der Waals surface area contributed by atoms with Crippen molar-refractivity contribution in [3.8, 4) is 11.3 Å². The number of amides is 2. The number of aromatic nitrogens is 4. The van der Waals surface area contributed by atoms with Gasteiger partial charge in [0.15, 0.2) is 5.65 Å². The van der Waals surface area contributed by atoms with E-state index in [1.54, 1.807) is 45.0 Å². The molecule has 0 radical (unpaired) electrons. The average Bonchev–Trinajstić information content (AvgIpc) is 3.85. The SMILES string of the molecule is O=C(c1ccc(Nc2cc(-c3cccc(N4CCc5cc(C6CC6)ccc5C4=O)c3CO)nn3ccnc23)nc1)N1CCOCC1. The topological polar surface area (TPSA) is 125 Å². The molecule has 1 aliphatic carbocycles. The lowest BCUT2D eigenvalue weighted by Gasteiger charge is -2.31. The zero-order valence-corrected chi connectivity index (χ0v) is 25.2. The summed E-state index contributed by atoms with van der Waals surface area (Å²) in [5, 5.41) is 18.8. The normalized spacial score (nSPS) is 16.5. The third-order valence-electron chi connectivity index (χ3n) is 9.07. The third kappa shape index (κ3) is 5.17. The van der Waals surface area contributed by atoms with Crippen LogP contribution in [0.25, 0.3) is 16.9 Å². The largest absolute Gasteiger partial charge is 0.392 e. The lowest BCUT2D eigenvalue weighted by Crippen LogP contribution is -2.40. The second-order valence-corrected chi connectivity index (χ2v) is 12.0. The number of morpholine rings is 1. The lowest BCUT2D eigenvalue weighted by atomic mass is 9.93. The van der Waals surface area contributed by atoms with Crippen LogP contribution in [0.2, 0.25) is 0 Å². The lowest BCUT2D eigenvalue weighted by molar-refractivity contribution is 0.0302. The zero-order chi connectivity index (χ0) is 31.2. The molecule has 8 rings (SSSR count). The Hall–Kier alpha value is -5.13. The predicted octanol–water partition coefficient (Wildman–Crippen LogP) is 4.58. The Morgan fingerprint density at radius 3 is 2.65 bits per heavy atom. The van der Waals surface area contributed by atoms with Crippen LogP contribution < -0.4 is 10.2 Å². The van der Waals surface area contributed by atoms with E-state index >= 15 is 0 Å². The van der Waals surface area contributed by atoms with Gasteiger partial charge in [-0.1, -0.05) is 24.3 Å². The first-order valence-corrected chi connectivity index (χ1v) is 15.7. The monoisotopic (exact) mass is 615 g/mol. The molecule has 2 N–H and O–H groups in total. The van der Waals surface area contributed by atoms with Crippen LogP contribution >= 0.6 is 0 Å². The van der Waals surface area contributed by atoms with Gasteiger partial charge in [0, 0.05) is 54.9 Å². The summed E-state index contributed by atoms with van der Waals surface area (Å²) < 4.78 is 7.03. The first-order valence-electron chi connectivity index (χ1n) is 15.7. The summed E-state index contributed by atoms with van der Waals surface area (Å²) in [7, 11) is 0. The van der Waals surface area contributed by atoms with Crippen LogP contribution in [0.1, 0.15) is 56.2 Å². The van der Waals surface area contributed by atoms with E-state index in [1.165, 1.54) is 18.4 Å². The van der Waals surface area contributed by atoms with Crippen molar-refractivity contribution in [3.63, 3.8) is 0 Å². The maximum absolute atomic E-state index is 13.8. The Morgan fingerprint density at radius 2 is 1.87 bits per heavy atom. The predicted molar refractivity (Wildman–Crippen MR) is 172 cm³/mol. The molecule has 0 atom stereocenters. The van der Waals surface area contributed by atoms with Crippen molar-refractivity contribution in [1.82, 2.24) is 24.5 Å². The number of nitrogens with one attached hydrogen (secondary N) is 1. The molecule has 2 aliphatic heterocycles. The fourth-order valence-electron chi connectivity index (χ4n) is 6.46. The maximum Gasteiger partial charge on any atom is 0.258 e. The Labute approximate surface area is 265 Å². The highest BCUT2D eigenvalue weighted by molar-refractivity contribution is 6.09. The summed E-state index contributed by atoms with van der Waals surface area (Å²) in [6.07, 6.45) is 8.19. The minimum atomic E-state index is -0.268. The second kappa shape index (κ2) is 11.7. The highest BCUT2D eigenvalue weighted by atomic mass is 16.5. The van der Waals surface area contributed by atoms with Gasteiger partial charge in [-0.25, -0.2) is 14.5 Å². The Morgan fingerprint density at radius 1 is 1.00 bits per heavy atom. The number of aliphatic hydroxyl groups is 1. The van der Waals surface area contributed by atoms with Gasteiger partial charge in [-0.05, 0) is 66.6 Å². The minimum Gasteiger partial charge on any atom is -0.392 e. The number of rotatable bonds is 7. The van der Waals surface area contributed by atoms with Gasteiger partial charge in [-0.15, -0.1) is 0 Å². The van der Waals surface area contributed by atoms with Crippen LogP contribution in [0.3, 0.4) is 0 Å². The van der Waals surface area contributed by atoms with Gasteiger partial charge in [-0.2, -0.15) is 5.10 Å². The molecule has 2 fully saturated rings. The molecule has 0 spiro atoms. The number of carbonyl (C=O) groups is 2. The number of fused-ring (bicyclic) bond motifs is 2. The smallest absolute Gasteiger partial charge is 0.258 e. The number of pyridine rings is 1. The molecule has 0 unspecified atom stereocenters. The van der Waals surface area contributed by atoms with Crippen molar-refractivity contribution in [3.05, 3.63) is 101 Å². The highest BCUT2D eigenvalue weighted by Crippen LogP contribution is 2.41. The van der Waals surface area contributed by atoms with E-state index in [4.69, 9.17) is 9.84 Å². The van der Waals surface area contributed by atoms with Gasteiger partial charge in [-0.3, -0.25) is 9.59 Å². The van der Waals surface area contributed by atoms with Crippen LogP contribution in [0.15, 0.2) is 73.2 Å². The molecule has 5 heterocycles. The molecule has 1 saturated heterocycles. The minimum absolute atomic E-state index is 0.0579. The van der Waals surface area contributed by atoms with E-state index in [0.717, 1.165) is 17.5 Å². The summed E-state index contributed by atoms with van der Waals surface area (Å²) in [6.45, 7) is 2.46. The van der Waals surface area contributed by atoms with Crippen LogP contribution in [-0.4, -0.2) is 74.3 Å². The van der Waals surface area contributed by atoms with Crippen molar-refractivity contribution in [2.75, 3.05) is 43.1 Å². The first-order chi connectivity index (χ1) is 22.6. The van der Waals surface area contributed by atoms with Crippen LogP contribution in [-0.2, 0) is 17.8 Å². The molecule has 46 heavy (non-hydrogen) atoms. The average molecular weight is 616 g/mol. The number of carbonyl (C=O) groups excluding carboxylic acids is 2. The van der Waals surface area contributed by atoms with Gasteiger partial charge in [0.05, 0.1) is 42.5 Å². The van der Waals surface area contributed by atoms with Gasteiger partial charge < -0.3 is 25.0 Å². The first kappa shape index (κ1) is 28.4. The van der Waals surface area contributed by atoms with Crippen molar-refractivity contribution in [2.24, 2.45) is 0 Å². The van der Waals surface area contributed by atoms with Gasteiger partial charge >= 0.3 is 0 Å². The summed E-state index contributed by atoms with van der Waals surface area (Å²) in [6, 6.07) is 17.3.